The van der Waals surface area contributed by atoms with Crippen LogP contribution in [0.25, 0.3) is 28.2 Å². The molecule has 4 fully saturated rings. The van der Waals surface area contributed by atoms with E-state index < -0.39 is 61.4 Å². The second-order valence-corrected chi connectivity index (χ2v) is 19.3. The number of alkyl halides is 5. The summed E-state index contributed by atoms with van der Waals surface area (Å²) in [5.74, 6) is -0.966. The molecule has 7 aromatic heterocycles. The van der Waals surface area contributed by atoms with Gasteiger partial charge < -0.3 is 24.8 Å². The lowest BCUT2D eigenvalue weighted by molar-refractivity contribution is -0.645. The van der Waals surface area contributed by atoms with E-state index in [-0.39, 0.29) is 76.9 Å². The summed E-state index contributed by atoms with van der Waals surface area (Å²) in [5.41, 5.74) is 1.93. The van der Waals surface area contributed by atoms with Gasteiger partial charge in [0.2, 0.25) is 5.88 Å². The maximum absolute atomic E-state index is 15.9. The minimum absolute atomic E-state index is 0.0221. The number of H-pyrrole nitrogens is 2. The number of carbonyl (C=O) groups excluding carboxylic acids is 2. The molecule has 7 aromatic rings. The van der Waals surface area contributed by atoms with Gasteiger partial charge in [-0.15, -0.1) is 4.68 Å². The van der Waals surface area contributed by atoms with E-state index in [4.69, 9.17) is 24.2 Å². The molecule has 0 spiro atoms. The number of halogens is 5. The Morgan fingerprint density at radius 3 is 2.39 bits per heavy atom. The molecule has 7 heterocycles. The van der Waals surface area contributed by atoms with Crippen LogP contribution >= 0.6 is 0 Å². The summed E-state index contributed by atoms with van der Waals surface area (Å²) in [6.45, 7) is 2.14. The number of fused-ring (bicyclic) bond motifs is 2. The number of carbonyl (C=O) groups is 2. The number of imidazole rings is 2. The van der Waals surface area contributed by atoms with Crippen molar-refractivity contribution in [2.45, 2.75) is 119 Å². The van der Waals surface area contributed by atoms with Crippen molar-refractivity contribution < 1.29 is 50.4 Å². The van der Waals surface area contributed by atoms with E-state index in [0.29, 0.717) is 34.6 Å². The number of alkyl carbamates (subject to hydrolysis) is 2. The van der Waals surface area contributed by atoms with E-state index >= 15 is 8.78 Å². The van der Waals surface area contributed by atoms with Crippen molar-refractivity contribution >= 4 is 47.0 Å². The van der Waals surface area contributed by atoms with E-state index in [1.54, 1.807) is 41.2 Å². The molecule has 4 saturated carbocycles. The topological polar surface area (TPSA) is 255 Å². The summed E-state index contributed by atoms with van der Waals surface area (Å²) < 4.78 is 92.3. The fraction of sp³-hybridized carbons (Fsp3) is 0.435. The van der Waals surface area contributed by atoms with E-state index in [2.05, 4.69) is 57.6 Å². The number of ether oxygens (including phenoxy) is 3. The Kier molecular flexibility index (Phi) is 11.3. The van der Waals surface area contributed by atoms with Crippen molar-refractivity contribution in [2.24, 2.45) is 0 Å². The molecule has 26 heteroatoms. The fourth-order valence-electron chi connectivity index (χ4n) is 9.11. The predicted molar refractivity (Wildman–Crippen MR) is 242 cm³/mol. The Morgan fingerprint density at radius 1 is 0.917 bits per heavy atom. The quantitative estimate of drug-likeness (QED) is 0.0466. The van der Waals surface area contributed by atoms with Crippen LogP contribution in [0.2, 0.25) is 0 Å². The Hall–Kier alpha value is -8.11. The van der Waals surface area contributed by atoms with Crippen LogP contribution in [-0.2, 0) is 9.47 Å². The third-order valence-electron chi connectivity index (χ3n) is 13.6. The summed E-state index contributed by atoms with van der Waals surface area (Å²) in [6.07, 6.45) is 0.251. The highest BCUT2D eigenvalue weighted by molar-refractivity contribution is 5.78. The number of aromatic amines is 2. The molecule has 6 N–H and O–H groups in total. The first kappa shape index (κ1) is 46.3. The van der Waals surface area contributed by atoms with Crippen LogP contribution in [0.4, 0.5) is 55.1 Å². The van der Waals surface area contributed by atoms with Gasteiger partial charge in [0.1, 0.15) is 30.6 Å². The highest BCUT2D eigenvalue weighted by atomic mass is 19.4. The lowest BCUT2D eigenvalue weighted by Gasteiger charge is -2.19. The summed E-state index contributed by atoms with van der Waals surface area (Å²) >= 11 is 0. The average molecular weight is 998 g/mol. The van der Waals surface area contributed by atoms with Crippen LogP contribution in [0.3, 0.4) is 0 Å². The maximum Gasteiger partial charge on any atom is 0.422 e. The number of anilines is 4. The van der Waals surface area contributed by atoms with Gasteiger partial charge in [0, 0.05) is 70.5 Å². The SMILES string of the molecule is CC1(NC(=O)O[C@H]2CC[C@@H](c3cc(Nc4nc(-[n+]5[nH]c([C@H]6C[C@@H](F)[C@@H](OC(=O)NC7(C)CC7)C6)cc5Nc5ncc(-c6cccnc6)c6nc(C#N)cn56)cc5nc(OCC(F)(F)F)cn45)n[nH]3)[C@H]2F)CC1. The van der Waals surface area contributed by atoms with Gasteiger partial charge in [-0.1, -0.05) is 11.1 Å². The largest absolute Gasteiger partial charge is 0.467 e. The number of pyridine rings is 1. The van der Waals surface area contributed by atoms with Crippen LogP contribution in [0, 0.1) is 11.3 Å². The number of hydrogen-bond donors (Lipinski definition) is 6. The van der Waals surface area contributed by atoms with E-state index in [1.165, 1.54) is 27.5 Å². The van der Waals surface area contributed by atoms with Crippen molar-refractivity contribution in [2.75, 3.05) is 17.2 Å². The molecule has 0 aliphatic heterocycles. The van der Waals surface area contributed by atoms with Gasteiger partial charge >= 0.3 is 18.4 Å². The first-order valence-electron chi connectivity index (χ1n) is 23.3. The minimum atomic E-state index is -4.68. The second kappa shape index (κ2) is 17.6. The lowest BCUT2D eigenvalue weighted by atomic mass is 10.0. The zero-order chi connectivity index (χ0) is 50.1. The number of aromatic nitrogens is 11. The van der Waals surface area contributed by atoms with Gasteiger partial charge in [0.05, 0.1) is 24.2 Å². The van der Waals surface area contributed by atoms with E-state index in [0.717, 1.165) is 25.7 Å². The molecule has 6 atom stereocenters. The number of amides is 2. The third kappa shape index (κ3) is 9.56. The van der Waals surface area contributed by atoms with Gasteiger partial charge in [-0.3, -0.25) is 24.2 Å². The molecule has 0 saturated heterocycles. The van der Waals surface area contributed by atoms with Gasteiger partial charge in [-0.25, -0.2) is 38.8 Å². The lowest BCUT2D eigenvalue weighted by Crippen LogP contribution is -2.38. The predicted octanol–water partition coefficient (Wildman–Crippen LogP) is 7.19. The van der Waals surface area contributed by atoms with Crippen molar-refractivity contribution in [3.05, 3.63) is 78.4 Å². The van der Waals surface area contributed by atoms with Crippen LogP contribution in [0.1, 0.15) is 94.1 Å². The molecule has 4 aliphatic rings. The molecule has 4 aliphatic carbocycles. The molecule has 0 radical (unpaired) electrons. The Labute approximate surface area is 404 Å². The van der Waals surface area contributed by atoms with Crippen LogP contribution < -0.4 is 30.7 Å². The fourth-order valence-corrected chi connectivity index (χ4v) is 9.11. The zero-order valence-corrected chi connectivity index (χ0v) is 38.5. The van der Waals surface area contributed by atoms with Crippen molar-refractivity contribution in [1.82, 2.24) is 59.7 Å². The number of nitrogens with zero attached hydrogens (tertiary/aromatic N) is 10. The summed E-state index contributed by atoms with van der Waals surface area (Å²) in [7, 11) is 0. The highest BCUT2D eigenvalue weighted by Crippen LogP contribution is 2.41. The Bertz CT molecular complexity index is 3250. The zero-order valence-electron chi connectivity index (χ0n) is 38.5. The summed E-state index contributed by atoms with van der Waals surface area (Å²) in [4.78, 5) is 47.9. The van der Waals surface area contributed by atoms with Crippen LogP contribution in [0.15, 0.2) is 61.3 Å². The van der Waals surface area contributed by atoms with Crippen molar-refractivity contribution in [1.29, 1.82) is 5.26 Å². The normalized spacial score (nSPS) is 22.9. The average Bonchev–Trinajstić information content (AvgIpc) is 3.78. The molecule has 0 aromatic carbocycles. The molecular formula is C46H46F5N16O5+. The number of nitrogens with one attached hydrogen (secondary N) is 6. The maximum atomic E-state index is 15.9. The minimum Gasteiger partial charge on any atom is -0.467 e. The number of nitriles is 1. The smallest absolute Gasteiger partial charge is 0.422 e. The Morgan fingerprint density at radius 2 is 1.68 bits per heavy atom. The monoisotopic (exact) mass is 997 g/mol. The first-order valence-corrected chi connectivity index (χ1v) is 23.3. The van der Waals surface area contributed by atoms with Gasteiger partial charge in [-0.05, 0) is 71.3 Å². The van der Waals surface area contributed by atoms with E-state index in [9.17, 15) is 28.0 Å². The molecule has 11 rings (SSSR count). The highest BCUT2D eigenvalue weighted by Gasteiger charge is 2.45. The summed E-state index contributed by atoms with van der Waals surface area (Å²) in [6, 6.07) is 10.3. The van der Waals surface area contributed by atoms with Crippen molar-refractivity contribution in [3.8, 4) is 28.9 Å². The standard InChI is InChI=1S/C46H45F5N16O5/c1-44(7-8-44)60-42(68)71-31-6-5-26(38(31)48)30-14-33(63-62-30)56-41-59-36(16-34-57-37(21-65(34)41)70-22-46(49,50)51)67-35(15-29(64-67)24-12-28(47)32(13-24)72-43(69)61-45(2)9-10-45)58-40-54-19-27(23-4-3-11-53-18-23)39-55-25(17-52)20-66(39)40/h3-4,11,14-16,18-21,24,26,28,31-32,38H,5-10,12-13,22H2,1-2H3,(H5,54,55,56,57,58,59,60,61,62,63,64,68,69)/p+1/t24-,26-,28+,31-,32-,38+/m0/s1. The van der Waals surface area contributed by atoms with Crippen LogP contribution in [-0.4, -0.2) is 110 Å². The molecule has 2 amide bonds. The van der Waals surface area contributed by atoms with Crippen molar-refractivity contribution in [3.63, 3.8) is 0 Å². The second-order valence-electron chi connectivity index (χ2n) is 19.3. The van der Waals surface area contributed by atoms with Gasteiger partial charge in [0.25, 0.3) is 23.5 Å². The van der Waals surface area contributed by atoms with E-state index in [1.807, 2.05) is 19.9 Å². The molecule has 0 unspecified atom stereocenters. The van der Waals surface area contributed by atoms with Crippen LogP contribution in [0.5, 0.6) is 5.88 Å². The molecular weight excluding hydrogens is 952 g/mol. The number of rotatable bonds is 14. The molecule has 374 valence electrons. The molecule has 72 heavy (non-hydrogen) atoms. The third-order valence-corrected chi connectivity index (χ3v) is 13.6. The van der Waals surface area contributed by atoms with Gasteiger partial charge in [-0.2, -0.15) is 28.5 Å². The van der Waals surface area contributed by atoms with Gasteiger partial charge in [0.15, 0.2) is 29.4 Å². The first-order chi connectivity index (χ1) is 34.5. The number of hydrogen-bond acceptors (Lipinski definition) is 14. The summed E-state index contributed by atoms with van der Waals surface area (Å²) in [5, 5.41) is 32.4. The Balaban J connectivity index is 0.949. The molecule has 21 nitrogen and oxygen atoms in total. The molecule has 0 bridgehead atoms.